The van der Waals surface area contributed by atoms with E-state index in [0.29, 0.717) is 5.88 Å². The lowest BCUT2D eigenvalue weighted by Crippen LogP contribution is -2.13. The Kier molecular flexibility index (Phi) is 4.12. The summed E-state index contributed by atoms with van der Waals surface area (Å²) in [6, 6.07) is 8.04. The maximum absolute atomic E-state index is 6.17. The third-order valence-electron chi connectivity index (χ3n) is 2.68. The molecule has 2 N–H and O–H groups in total. The third kappa shape index (κ3) is 3.05. The van der Waals surface area contributed by atoms with Crippen LogP contribution in [-0.4, -0.2) is 12.1 Å². The van der Waals surface area contributed by atoms with Crippen LogP contribution in [-0.2, 0) is 6.42 Å². The number of nitrogens with zero attached hydrogens (tertiary/aromatic N) is 1. The van der Waals surface area contributed by atoms with Crippen LogP contribution in [0, 0.1) is 0 Å². The molecule has 2 heterocycles. The van der Waals surface area contributed by atoms with Crippen LogP contribution >= 0.6 is 11.3 Å². The number of ether oxygens (including phenoxy) is 1. The minimum Gasteiger partial charge on any atom is -0.481 e. The molecule has 90 valence electrons. The van der Waals surface area contributed by atoms with Crippen molar-refractivity contribution < 1.29 is 4.74 Å². The fraction of sp³-hybridized carbons (Fsp3) is 0.308. The Hall–Kier alpha value is -1.39. The summed E-state index contributed by atoms with van der Waals surface area (Å²) >= 11 is 1.77. The van der Waals surface area contributed by atoms with Crippen LogP contribution < -0.4 is 10.5 Å². The van der Waals surface area contributed by atoms with E-state index in [1.54, 1.807) is 24.6 Å². The molecule has 0 amide bonds. The predicted octanol–water partition coefficient (Wildman–Crippen LogP) is 2.78. The minimum atomic E-state index is -0.0271. The van der Waals surface area contributed by atoms with E-state index in [-0.39, 0.29) is 6.04 Å². The summed E-state index contributed by atoms with van der Waals surface area (Å²) < 4.78 is 5.21. The maximum Gasteiger partial charge on any atom is 0.217 e. The predicted molar refractivity (Wildman–Crippen MR) is 70.4 cm³/mol. The van der Waals surface area contributed by atoms with Gasteiger partial charge in [0, 0.05) is 22.7 Å². The Morgan fingerprint density at radius 1 is 1.41 bits per heavy atom. The number of rotatable bonds is 5. The number of hydrogen-bond acceptors (Lipinski definition) is 4. The number of aryl methyl sites for hydroxylation is 1. The molecule has 2 aromatic rings. The van der Waals surface area contributed by atoms with Crippen LogP contribution in [0.15, 0.2) is 35.8 Å². The molecule has 0 aliphatic rings. The van der Waals surface area contributed by atoms with Gasteiger partial charge in [-0.2, -0.15) is 0 Å². The van der Waals surface area contributed by atoms with Crippen molar-refractivity contribution in [3.8, 4) is 5.88 Å². The maximum atomic E-state index is 6.17. The molecule has 0 bridgehead atoms. The molecule has 0 radical (unpaired) electrons. The van der Waals surface area contributed by atoms with Crippen molar-refractivity contribution in [3.63, 3.8) is 0 Å². The molecule has 1 unspecified atom stereocenters. The highest BCUT2D eigenvalue weighted by Crippen LogP contribution is 2.24. The van der Waals surface area contributed by atoms with E-state index in [2.05, 4.69) is 22.5 Å². The minimum absolute atomic E-state index is 0.0271. The Morgan fingerprint density at radius 2 is 2.29 bits per heavy atom. The van der Waals surface area contributed by atoms with Gasteiger partial charge in [0.1, 0.15) is 0 Å². The number of pyridine rings is 1. The highest BCUT2D eigenvalue weighted by molar-refractivity contribution is 7.09. The summed E-state index contributed by atoms with van der Waals surface area (Å²) in [6.45, 7) is 0. The van der Waals surface area contributed by atoms with Gasteiger partial charge in [-0.25, -0.2) is 4.98 Å². The highest BCUT2D eigenvalue weighted by atomic mass is 32.1. The van der Waals surface area contributed by atoms with Crippen molar-refractivity contribution in [1.82, 2.24) is 4.98 Å². The average Bonchev–Trinajstić information content (AvgIpc) is 2.89. The second-order valence-corrected chi connectivity index (χ2v) is 4.86. The van der Waals surface area contributed by atoms with Crippen molar-refractivity contribution in [2.24, 2.45) is 5.73 Å². The summed E-state index contributed by atoms with van der Waals surface area (Å²) in [7, 11) is 1.62. The van der Waals surface area contributed by atoms with E-state index in [0.717, 1.165) is 18.4 Å². The van der Waals surface area contributed by atoms with Gasteiger partial charge in [-0.05, 0) is 30.4 Å². The molecular weight excluding hydrogens is 232 g/mol. The van der Waals surface area contributed by atoms with Crippen LogP contribution in [0.5, 0.6) is 5.88 Å². The average molecular weight is 248 g/mol. The van der Waals surface area contributed by atoms with Crippen molar-refractivity contribution in [1.29, 1.82) is 0 Å². The first-order valence-corrected chi connectivity index (χ1v) is 6.46. The number of nitrogens with two attached hydrogens (primary N) is 1. The number of thiophene rings is 1. The van der Waals surface area contributed by atoms with Crippen LogP contribution in [0.3, 0.4) is 0 Å². The van der Waals surface area contributed by atoms with E-state index >= 15 is 0 Å². The summed E-state index contributed by atoms with van der Waals surface area (Å²) in [6.07, 6.45) is 3.62. The van der Waals surface area contributed by atoms with E-state index in [9.17, 15) is 0 Å². The second-order valence-electron chi connectivity index (χ2n) is 3.83. The van der Waals surface area contributed by atoms with Crippen molar-refractivity contribution >= 4 is 11.3 Å². The van der Waals surface area contributed by atoms with Gasteiger partial charge in [-0.3, -0.25) is 0 Å². The Bertz CT molecular complexity index is 456. The molecule has 3 nitrogen and oxygen atoms in total. The zero-order chi connectivity index (χ0) is 12.1. The fourth-order valence-electron chi connectivity index (χ4n) is 1.76. The Labute approximate surface area is 105 Å². The lowest BCUT2D eigenvalue weighted by molar-refractivity contribution is 0.387. The van der Waals surface area contributed by atoms with Crippen LogP contribution in [0.25, 0.3) is 0 Å². The molecule has 0 saturated carbocycles. The molecule has 4 heteroatoms. The zero-order valence-electron chi connectivity index (χ0n) is 9.80. The molecule has 0 spiro atoms. The van der Waals surface area contributed by atoms with Crippen molar-refractivity contribution in [2.45, 2.75) is 18.9 Å². The van der Waals surface area contributed by atoms with Crippen LogP contribution in [0.4, 0.5) is 0 Å². The SMILES string of the molecule is COc1ncccc1C(N)CCc1cccs1. The molecule has 1 atom stereocenters. The first-order valence-electron chi connectivity index (χ1n) is 5.58. The van der Waals surface area contributed by atoms with Gasteiger partial charge in [-0.1, -0.05) is 12.1 Å². The third-order valence-corrected chi connectivity index (χ3v) is 3.61. The molecule has 2 aromatic heterocycles. The van der Waals surface area contributed by atoms with E-state index in [1.807, 2.05) is 12.1 Å². The monoisotopic (exact) mass is 248 g/mol. The van der Waals surface area contributed by atoms with Gasteiger partial charge in [0.15, 0.2) is 0 Å². The second kappa shape index (κ2) is 5.80. The molecule has 0 aliphatic heterocycles. The molecule has 0 aromatic carbocycles. The Balaban J connectivity index is 2.01. The Morgan fingerprint density at radius 3 is 3.00 bits per heavy atom. The highest BCUT2D eigenvalue weighted by Gasteiger charge is 2.12. The summed E-state index contributed by atoms with van der Waals surface area (Å²) in [5, 5.41) is 2.09. The fourth-order valence-corrected chi connectivity index (χ4v) is 2.49. The number of aromatic nitrogens is 1. The van der Waals surface area contributed by atoms with Crippen molar-refractivity contribution in [3.05, 3.63) is 46.3 Å². The first-order chi connectivity index (χ1) is 8.31. The van der Waals surface area contributed by atoms with E-state index < -0.39 is 0 Å². The summed E-state index contributed by atoms with van der Waals surface area (Å²) in [5.41, 5.74) is 7.15. The molecule has 0 fully saturated rings. The first kappa shape index (κ1) is 12.1. The zero-order valence-corrected chi connectivity index (χ0v) is 10.6. The smallest absolute Gasteiger partial charge is 0.217 e. The van der Waals surface area contributed by atoms with Gasteiger partial charge < -0.3 is 10.5 Å². The van der Waals surface area contributed by atoms with Crippen LogP contribution in [0.1, 0.15) is 22.9 Å². The largest absolute Gasteiger partial charge is 0.481 e. The molecule has 0 aliphatic carbocycles. The van der Waals surface area contributed by atoms with Gasteiger partial charge in [0.05, 0.1) is 7.11 Å². The number of hydrogen-bond donors (Lipinski definition) is 1. The lowest BCUT2D eigenvalue weighted by atomic mass is 10.0. The molecule has 17 heavy (non-hydrogen) atoms. The molecule has 0 saturated heterocycles. The van der Waals surface area contributed by atoms with Crippen LogP contribution in [0.2, 0.25) is 0 Å². The van der Waals surface area contributed by atoms with Gasteiger partial charge in [-0.15, -0.1) is 11.3 Å². The summed E-state index contributed by atoms with van der Waals surface area (Å²) in [5.74, 6) is 0.631. The quantitative estimate of drug-likeness (QED) is 0.885. The van der Waals surface area contributed by atoms with E-state index in [4.69, 9.17) is 10.5 Å². The standard InChI is InChI=1S/C13H16N2OS/c1-16-13-11(5-2-8-15-13)12(14)7-6-10-4-3-9-17-10/h2-5,8-9,12H,6-7,14H2,1H3. The van der Waals surface area contributed by atoms with Crippen molar-refractivity contribution in [2.75, 3.05) is 7.11 Å². The topological polar surface area (TPSA) is 48.1 Å². The van der Waals surface area contributed by atoms with Gasteiger partial charge in [0.25, 0.3) is 0 Å². The normalized spacial score (nSPS) is 12.4. The van der Waals surface area contributed by atoms with E-state index in [1.165, 1.54) is 4.88 Å². The molecular formula is C13H16N2OS. The van der Waals surface area contributed by atoms with Gasteiger partial charge in [0.2, 0.25) is 5.88 Å². The summed E-state index contributed by atoms with van der Waals surface area (Å²) in [4.78, 5) is 5.53. The van der Waals surface area contributed by atoms with Gasteiger partial charge >= 0.3 is 0 Å². The molecule has 2 rings (SSSR count). The number of methoxy groups -OCH3 is 1. The lowest BCUT2D eigenvalue weighted by Gasteiger charge is -2.13.